The zero-order valence-electron chi connectivity index (χ0n) is 12.5. The number of rotatable bonds is 8. The Labute approximate surface area is 116 Å². The van der Waals surface area contributed by atoms with Crippen molar-refractivity contribution in [3.05, 3.63) is 11.8 Å². The van der Waals surface area contributed by atoms with Gasteiger partial charge in [-0.3, -0.25) is 0 Å². The number of aliphatic hydroxyl groups is 1. The van der Waals surface area contributed by atoms with E-state index in [1.807, 2.05) is 13.1 Å². The summed E-state index contributed by atoms with van der Waals surface area (Å²) in [6, 6.07) is 0.346. The molecule has 0 amide bonds. The average Bonchev–Trinajstić information content (AvgIpc) is 2.39. The van der Waals surface area contributed by atoms with Crippen LogP contribution in [0.2, 0.25) is 0 Å². The van der Waals surface area contributed by atoms with Crippen molar-refractivity contribution in [1.29, 1.82) is 0 Å². The lowest BCUT2D eigenvalue weighted by atomic mass is 10.2. The van der Waals surface area contributed by atoms with Gasteiger partial charge in [0.2, 0.25) is 5.95 Å². The molecule has 1 aromatic heterocycles. The van der Waals surface area contributed by atoms with Gasteiger partial charge in [-0.05, 0) is 33.6 Å². The standard InChI is InChI=1S/C14H26N4O/c1-5-7-15-14-16-10-12(4)13(17-14)18(11(2)3)8-6-9-19/h10-11,19H,5-9H2,1-4H3,(H,15,16,17). The first-order chi connectivity index (χ1) is 9.10. The van der Waals surface area contributed by atoms with Crippen molar-refractivity contribution in [3.8, 4) is 0 Å². The molecule has 0 aliphatic rings. The minimum Gasteiger partial charge on any atom is -0.396 e. The molecule has 0 saturated carbocycles. The number of hydrogen-bond donors (Lipinski definition) is 2. The minimum absolute atomic E-state index is 0.203. The molecule has 5 nitrogen and oxygen atoms in total. The Hall–Kier alpha value is -1.36. The van der Waals surface area contributed by atoms with Gasteiger partial charge in [0.15, 0.2) is 0 Å². The van der Waals surface area contributed by atoms with Crippen LogP contribution in [0, 0.1) is 6.92 Å². The van der Waals surface area contributed by atoms with Crippen LogP contribution in [0.5, 0.6) is 0 Å². The van der Waals surface area contributed by atoms with Crippen molar-refractivity contribution in [3.63, 3.8) is 0 Å². The summed E-state index contributed by atoms with van der Waals surface area (Å²) in [4.78, 5) is 11.1. The van der Waals surface area contributed by atoms with Crippen LogP contribution in [0.3, 0.4) is 0 Å². The highest BCUT2D eigenvalue weighted by Gasteiger charge is 2.15. The smallest absolute Gasteiger partial charge is 0.224 e. The Morgan fingerprint density at radius 2 is 2.16 bits per heavy atom. The SMILES string of the molecule is CCCNc1ncc(C)c(N(CCCO)C(C)C)n1. The Morgan fingerprint density at radius 1 is 1.42 bits per heavy atom. The van der Waals surface area contributed by atoms with E-state index in [-0.39, 0.29) is 6.61 Å². The second-order valence-electron chi connectivity index (χ2n) is 4.99. The van der Waals surface area contributed by atoms with Crippen molar-refractivity contribution in [2.24, 2.45) is 0 Å². The molecule has 0 spiro atoms. The monoisotopic (exact) mass is 266 g/mol. The lowest BCUT2D eigenvalue weighted by Crippen LogP contribution is -2.33. The number of aliphatic hydroxyl groups excluding tert-OH is 1. The molecule has 0 fully saturated rings. The highest BCUT2D eigenvalue weighted by atomic mass is 16.3. The highest BCUT2D eigenvalue weighted by Crippen LogP contribution is 2.20. The van der Waals surface area contributed by atoms with Crippen LogP contribution in [0.15, 0.2) is 6.20 Å². The summed E-state index contributed by atoms with van der Waals surface area (Å²) in [5, 5.41) is 12.2. The molecule has 0 saturated heterocycles. The van der Waals surface area contributed by atoms with E-state index in [0.717, 1.165) is 37.3 Å². The molecule has 0 radical (unpaired) electrons. The fourth-order valence-corrected chi connectivity index (χ4v) is 1.90. The van der Waals surface area contributed by atoms with E-state index in [2.05, 4.69) is 41.0 Å². The summed E-state index contributed by atoms with van der Waals surface area (Å²) in [5.41, 5.74) is 1.06. The van der Waals surface area contributed by atoms with Crippen LogP contribution in [0.4, 0.5) is 11.8 Å². The molecular formula is C14H26N4O. The van der Waals surface area contributed by atoms with Gasteiger partial charge in [0.1, 0.15) is 5.82 Å². The van der Waals surface area contributed by atoms with Gasteiger partial charge >= 0.3 is 0 Å². The molecule has 1 heterocycles. The molecule has 1 aromatic rings. The van der Waals surface area contributed by atoms with Crippen molar-refractivity contribution in [1.82, 2.24) is 9.97 Å². The summed E-state index contributed by atoms with van der Waals surface area (Å²) < 4.78 is 0. The van der Waals surface area contributed by atoms with E-state index >= 15 is 0 Å². The van der Waals surface area contributed by atoms with E-state index in [0.29, 0.717) is 12.0 Å². The summed E-state index contributed by atoms with van der Waals surface area (Å²) in [5.74, 6) is 1.63. The summed E-state index contributed by atoms with van der Waals surface area (Å²) >= 11 is 0. The van der Waals surface area contributed by atoms with Crippen LogP contribution in [0.1, 0.15) is 39.2 Å². The molecule has 0 aliphatic carbocycles. The van der Waals surface area contributed by atoms with Crippen molar-refractivity contribution in [2.75, 3.05) is 29.9 Å². The largest absolute Gasteiger partial charge is 0.396 e. The van der Waals surface area contributed by atoms with Crippen LogP contribution >= 0.6 is 0 Å². The van der Waals surface area contributed by atoms with Gasteiger partial charge in [-0.1, -0.05) is 6.92 Å². The van der Waals surface area contributed by atoms with Gasteiger partial charge in [-0.25, -0.2) is 4.98 Å². The molecule has 0 atom stereocenters. The Kier molecular flexibility index (Phi) is 6.56. The molecule has 0 unspecified atom stereocenters. The van der Waals surface area contributed by atoms with Gasteiger partial charge in [-0.15, -0.1) is 0 Å². The minimum atomic E-state index is 0.203. The van der Waals surface area contributed by atoms with Gasteiger partial charge < -0.3 is 15.3 Å². The highest BCUT2D eigenvalue weighted by molar-refractivity contribution is 5.49. The van der Waals surface area contributed by atoms with E-state index < -0.39 is 0 Å². The Morgan fingerprint density at radius 3 is 2.74 bits per heavy atom. The Balaban J connectivity index is 2.93. The molecule has 1 rings (SSSR count). The van der Waals surface area contributed by atoms with Crippen molar-refractivity contribution < 1.29 is 5.11 Å². The summed E-state index contributed by atoms with van der Waals surface area (Å²) in [6.45, 7) is 10.3. The number of anilines is 2. The fourth-order valence-electron chi connectivity index (χ4n) is 1.90. The van der Waals surface area contributed by atoms with E-state index in [9.17, 15) is 0 Å². The zero-order valence-corrected chi connectivity index (χ0v) is 12.5. The van der Waals surface area contributed by atoms with Crippen molar-refractivity contribution in [2.45, 2.75) is 46.6 Å². The molecule has 108 valence electrons. The van der Waals surface area contributed by atoms with E-state index in [1.54, 1.807) is 0 Å². The third-order valence-electron chi connectivity index (χ3n) is 2.93. The zero-order chi connectivity index (χ0) is 14.3. The molecule has 0 aliphatic heterocycles. The van der Waals surface area contributed by atoms with Gasteiger partial charge in [0.05, 0.1) is 0 Å². The lowest BCUT2D eigenvalue weighted by molar-refractivity contribution is 0.288. The van der Waals surface area contributed by atoms with E-state index in [1.165, 1.54) is 0 Å². The number of hydrogen-bond acceptors (Lipinski definition) is 5. The molecular weight excluding hydrogens is 240 g/mol. The summed E-state index contributed by atoms with van der Waals surface area (Å²) in [7, 11) is 0. The molecule has 19 heavy (non-hydrogen) atoms. The van der Waals surface area contributed by atoms with E-state index in [4.69, 9.17) is 5.11 Å². The first kappa shape index (κ1) is 15.7. The predicted molar refractivity (Wildman–Crippen MR) is 79.7 cm³/mol. The maximum Gasteiger partial charge on any atom is 0.224 e. The third-order valence-corrected chi connectivity index (χ3v) is 2.93. The van der Waals surface area contributed by atoms with Gasteiger partial charge in [0.25, 0.3) is 0 Å². The third kappa shape index (κ3) is 4.67. The normalized spacial score (nSPS) is 10.8. The lowest BCUT2D eigenvalue weighted by Gasteiger charge is -2.29. The molecule has 0 aromatic carbocycles. The van der Waals surface area contributed by atoms with Crippen LogP contribution < -0.4 is 10.2 Å². The van der Waals surface area contributed by atoms with Crippen molar-refractivity contribution >= 4 is 11.8 Å². The molecule has 5 heteroatoms. The summed E-state index contributed by atoms with van der Waals surface area (Å²) in [6.07, 6.45) is 3.65. The fraction of sp³-hybridized carbons (Fsp3) is 0.714. The number of aryl methyl sites for hydroxylation is 1. The maximum absolute atomic E-state index is 9.01. The second-order valence-corrected chi connectivity index (χ2v) is 4.99. The van der Waals surface area contributed by atoms with Gasteiger partial charge in [-0.2, -0.15) is 4.98 Å². The maximum atomic E-state index is 9.01. The van der Waals surface area contributed by atoms with Gasteiger partial charge in [0, 0.05) is 37.5 Å². The number of nitrogens with zero attached hydrogens (tertiary/aromatic N) is 3. The topological polar surface area (TPSA) is 61.3 Å². The second kappa shape index (κ2) is 7.94. The number of aromatic nitrogens is 2. The average molecular weight is 266 g/mol. The van der Waals surface area contributed by atoms with Crippen LogP contribution in [0.25, 0.3) is 0 Å². The number of nitrogens with one attached hydrogen (secondary N) is 1. The first-order valence-electron chi connectivity index (χ1n) is 7.05. The molecule has 0 bridgehead atoms. The molecule has 2 N–H and O–H groups in total. The Bertz CT molecular complexity index is 382. The quantitative estimate of drug-likeness (QED) is 0.755. The predicted octanol–water partition coefficient (Wildman–Crippen LogP) is 2.20. The van der Waals surface area contributed by atoms with Crippen LogP contribution in [-0.4, -0.2) is 40.8 Å². The first-order valence-corrected chi connectivity index (χ1v) is 7.05. The van der Waals surface area contributed by atoms with Crippen LogP contribution in [-0.2, 0) is 0 Å².